The minimum absolute atomic E-state index is 0.0969. The number of nitrogens with one attached hydrogen (secondary N) is 3. The predicted octanol–water partition coefficient (Wildman–Crippen LogP) is 8.17. The van der Waals surface area contributed by atoms with Crippen LogP contribution in [0, 0.1) is 12.8 Å². The number of ether oxygens (including phenoxy) is 1. The van der Waals surface area contributed by atoms with E-state index in [1.54, 1.807) is 18.4 Å². The van der Waals surface area contributed by atoms with E-state index in [-0.39, 0.29) is 23.2 Å². The summed E-state index contributed by atoms with van der Waals surface area (Å²) >= 11 is 22.8. The first kappa shape index (κ1) is 38.6. The number of amides is 1. The largest absolute Gasteiger partial charge is 0.481 e. The highest BCUT2D eigenvalue weighted by molar-refractivity contribution is 7.11. The molecule has 4 aromatic rings. The number of thiazole rings is 1. The van der Waals surface area contributed by atoms with Crippen molar-refractivity contribution < 1.29 is 19.4 Å². The Morgan fingerprint density at radius 2 is 1.78 bits per heavy atom. The maximum atomic E-state index is 11.6. The standard InChI is InChI=1S/C40H43Cl3N6O4S/c1-22-17-31(47-39(53-2)29(22)20-44-19-25-10-12-34(50)45-25)28-7-3-5-26(36(28)42)27-6-4-8-30(37(27)43)46-32-18-24(41)9-11-33-38(32)48-35(54-33)21-49-15-13-23(14-16-49)40(51)52/h3-8,17-18,23-25,44,46H,9-16,19-21H2,1-2H3,(H,45,50)(H,51,52)/t24?,25-/m0/s1. The van der Waals surface area contributed by atoms with Crippen LogP contribution >= 0.6 is 46.1 Å². The van der Waals surface area contributed by atoms with Gasteiger partial charge in [-0.15, -0.1) is 22.9 Å². The van der Waals surface area contributed by atoms with Crippen molar-refractivity contribution >= 4 is 69.4 Å². The molecule has 0 radical (unpaired) electrons. The number of aryl methyl sites for hydroxylation is 2. The van der Waals surface area contributed by atoms with Gasteiger partial charge in [0.25, 0.3) is 0 Å². The van der Waals surface area contributed by atoms with E-state index in [0.717, 1.165) is 81.4 Å². The maximum Gasteiger partial charge on any atom is 0.306 e. The second-order valence-electron chi connectivity index (χ2n) is 14.1. The van der Waals surface area contributed by atoms with Gasteiger partial charge in [-0.2, -0.15) is 0 Å². The number of aliphatic carboxylic acids is 1. The fourth-order valence-electron chi connectivity index (χ4n) is 7.40. The molecule has 2 aromatic heterocycles. The van der Waals surface area contributed by atoms with Crippen LogP contribution in [0.1, 0.15) is 58.8 Å². The van der Waals surface area contributed by atoms with Crippen LogP contribution in [-0.4, -0.2) is 70.0 Å². The van der Waals surface area contributed by atoms with Gasteiger partial charge >= 0.3 is 5.97 Å². The molecule has 0 spiro atoms. The Morgan fingerprint density at radius 3 is 2.50 bits per heavy atom. The third kappa shape index (κ3) is 8.56. The van der Waals surface area contributed by atoms with E-state index in [1.165, 1.54) is 0 Å². The molecule has 2 aromatic carbocycles. The van der Waals surface area contributed by atoms with Crippen molar-refractivity contribution in [1.29, 1.82) is 0 Å². The summed E-state index contributed by atoms with van der Waals surface area (Å²) in [4.78, 5) is 36.4. The van der Waals surface area contributed by atoms with Gasteiger partial charge in [-0.3, -0.25) is 14.5 Å². The molecule has 7 rings (SSSR count). The number of hydrogen-bond donors (Lipinski definition) is 4. The highest BCUT2D eigenvalue weighted by atomic mass is 35.5. The van der Waals surface area contributed by atoms with Crippen LogP contribution in [-0.2, 0) is 29.1 Å². The number of piperidine rings is 1. The first-order valence-electron chi connectivity index (χ1n) is 18.3. The third-order valence-electron chi connectivity index (χ3n) is 10.4. The summed E-state index contributed by atoms with van der Waals surface area (Å²) in [5.41, 5.74) is 7.30. The molecular formula is C40H43Cl3N6O4S. The van der Waals surface area contributed by atoms with E-state index >= 15 is 0 Å². The molecule has 1 amide bonds. The fourth-order valence-corrected chi connectivity index (χ4v) is 9.38. The number of hydrogen-bond acceptors (Lipinski definition) is 9. The Kier molecular flexibility index (Phi) is 12.1. The zero-order valence-corrected chi connectivity index (χ0v) is 33.3. The van der Waals surface area contributed by atoms with E-state index in [2.05, 4.69) is 20.9 Å². The summed E-state index contributed by atoms with van der Waals surface area (Å²) in [6, 6.07) is 13.8. The molecule has 1 aliphatic carbocycles. The van der Waals surface area contributed by atoms with E-state index in [9.17, 15) is 14.7 Å². The molecule has 2 fully saturated rings. The van der Waals surface area contributed by atoms with E-state index in [4.69, 9.17) is 49.5 Å². The number of carbonyl (C=O) groups is 2. The van der Waals surface area contributed by atoms with Crippen LogP contribution in [0.15, 0.2) is 48.5 Å². The monoisotopic (exact) mass is 808 g/mol. The smallest absolute Gasteiger partial charge is 0.306 e. The molecule has 2 atom stereocenters. The number of carbonyl (C=O) groups excluding carboxylic acids is 1. The number of anilines is 1. The lowest BCUT2D eigenvalue weighted by Gasteiger charge is -2.29. The molecule has 3 aliphatic rings. The highest BCUT2D eigenvalue weighted by Crippen LogP contribution is 2.43. The summed E-state index contributed by atoms with van der Waals surface area (Å²) in [7, 11) is 1.61. The lowest BCUT2D eigenvalue weighted by atomic mass is 9.97. The number of benzene rings is 2. The third-order valence-corrected chi connectivity index (χ3v) is 12.7. The Balaban J connectivity index is 1.11. The van der Waals surface area contributed by atoms with Crippen LogP contribution < -0.4 is 20.7 Å². The molecule has 2 aliphatic heterocycles. The predicted molar refractivity (Wildman–Crippen MR) is 217 cm³/mol. The SMILES string of the molecule is COc1nc(-c2cccc(-c3cccc(NC4=CC(Cl)CCc5sc(CN6CCC(C(=O)O)CC6)nc54)c3Cl)c2Cl)cc(C)c1CNC[C@@H]1CCC(=O)N1. The number of nitrogens with zero attached hydrogens (tertiary/aromatic N) is 3. The number of methoxy groups -OCH3 is 1. The number of halogens is 3. The van der Waals surface area contributed by atoms with Gasteiger partial charge in [0.2, 0.25) is 11.8 Å². The second kappa shape index (κ2) is 17.0. The number of aromatic nitrogens is 2. The first-order valence-corrected chi connectivity index (χ1v) is 20.3. The average Bonchev–Trinajstić information content (AvgIpc) is 3.73. The zero-order chi connectivity index (χ0) is 37.9. The Bertz CT molecular complexity index is 2080. The van der Waals surface area contributed by atoms with Crippen molar-refractivity contribution in [1.82, 2.24) is 25.5 Å². The van der Waals surface area contributed by atoms with Crippen LogP contribution in [0.25, 0.3) is 28.1 Å². The van der Waals surface area contributed by atoms with Gasteiger partial charge in [-0.1, -0.05) is 53.5 Å². The first-order chi connectivity index (χ1) is 26.1. The number of carboxylic acid groups (broad SMARTS) is 1. The molecule has 4 heterocycles. The Morgan fingerprint density at radius 1 is 1.04 bits per heavy atom. The van der Waals surface area contributed by atoms with Crippen molar-refractivity contribution in [3.8, 4) is 28.3 Å². The summed E-state index contributed by atoms with van der Waals surface area (Å²) < 4.78 is 5.75. The van der Waals surface area contributed by atoms with Crippen LogP contribution in [0.5, 0.6) is 5.88 Å². The highest BCUT2D eigenvalue weighted by Gasteiger charge is 2.27. The molecule has 0 bridgehead atoms. The summed E-state index contributed by atoms with van der Waals surface area (Å²) in [5, 5.41) is 21.2. The Hall–Kier alpha value is -3.71. The van der Waals surface area contributed by atoms with Crippen molar-refractivity contribution in [2.75, 3.05) is 32.1 Å². The summed E-state index contributed by atoms with van der Waals surface area (Å²) in [6.07, 6.45) is 6.32. The number of carboxylic acids is 1. The second-order valence-corrected chi connectivity index (χ2v) is 16.6. The van der Waals surface area contributed by atoms with E-state index < -0.39 is 5.97 Å². The lowest BCUT2D eigenvalue weighted by molar-refractivity contribution is -0.143. The van der Waals surface area contributed by atoms with E-state index in [0.29, 0.717) is 66.2 Å². The topological polar surface area (TPSA) is 129 Å². The van der Waals surface area contributed by atoms with Crippen LogP contribution in [0.3, 0.4) is 0 Å². The molecule has 10 nitrogen and oxygen atoms in total. The lowest BCUT2D eigenvalue weighted by Crippen LogP contribution is -2.35. The molecule has 14 heteroatoms. The number of fused-ring (bicyclic) bond motifs is 1. The van der Waals surface area contributed by atoms with E-state index in [1.807, 2.05) is 55.5 Å². The minimum atomic E-state index is -0.707. The number of rotatable bonds is 12. The van der Waals surface area contributed by atoms with Gasteiger partial charge < -0.3 is 25.8 Å². The van der Waals surface area contributed by atoms with Gasteiger partial charge in [0, 0.05) is 52.7 Å². The summed E-state index contributed by atoms with van der Waals surface area (Å²) in [5.74, 6) is -0.365. The van der Waals surface area contributed by atoms with Gasteiger partial charge in [0.15, 0.2) is 0 Å². The van der Waals surface area contributed by atoms with Crippen molar-refractivity contribution in [3.63, 3.8) is 0 Å². The van der Waals surface area contributed by atoms with Crippen molar-refractivity contribution in [2.24, 2.45) is 5.92 Å². The van der Waals surface area contributed by atoms with Gasteiger partial charge in [-0.05, 0) is 75.9 Å². The fraction of sp³-hybridized carbons (Fsp3) is 0.400. The minimum Gasteiger partial charge on any atom is -0.481 e. The van der Waals surface area contributed by atoms with Crippen molar-refractivity contribution in [2.45, 2.75) is 70.0 Å². The molecule has 284 valence electrons. The maximum absolute atomic E-state index is 11.6. The molecule has 2 saturated heterocycles. The van der Waals surface area contributed by atoms with Crippen molar-refractivity contribution in [3.05, 3.63) is 85.3 Å². The van der Waals surface area contributed by atoms with Gasteiger partial charge in [-0.25, -0.2) is 9.97 Å². The normalized spacial score (nSPS) is 19.2. The van der Waals surface area contributed by atoms with Gasteiger partial charge in [0.1, 0.15) is 10.7 Å². The van der Waals surface area contributed by atoms with Crippen LogP contribution in [0.2, 0.25) is 10.0 Å². The number of alkyl halides is 1. The quantitative estimate of drug-likeness (QED) is 0.105. The summed E-state index contributed by atoms with van der Waals surface area (Å²) in [6.45, 7) is 5.43. The average molecular weight is 810 g/mol. The number of pyridine rings is 1. The number of likely N-dealkylation sites (tertiary alicyclic amines) is 1. The zero-order valence-electron chi connectivity index (χ0n) is 30.2. The number of allylic oxidation sites excluding steroid dienone is 1. The molecule has 4 N–H and O–H groups in total. The van der Waals surface area contributed by atoms with Gasteiger partial charge in [0.05, 0.1) is 52.1 Å². The molecule has 54 heavy (non-hydrogen) atoms. The molecule has 0 saturated carbocycles. The van der Waals surface area contributed by atoms with Crippen LogP contribution in [0.4, 0.5) is 5.69 Å². The molecular weight excluding hydrogens is 767 g/mol. The Labute approximate surface area is 334 Å². The molecule has 1 unspecified atom stereocenters.